The van der Waals surface area contributed by atoms with Crippen LogP contribution in [0.4, 0.5) is 0 Å². The lowest BCUT2D eigenvalue weighted by Crippen LogP contribution is -2.47. The first-order valence-corrected chi connectivity index (χ1v) is 7.55. The molecule has 0 aromatic carbocycles. The van der Waals surface area contributed by atoms with Gasteiger partial charge in [0.05, 0.1) is 19.4 Å². The van der Waals surface area contributed by atoms with E-state index in [-0.39, 0.29) is 5.91 Å². The average molecular weight is 302 g/mol. The van der Waals surface area contributed by atoms with Gasteiger partial charge in [0, 0.05) is 37.7 Å². The molecule has 2 aromatic heterocycles. The smallest absolute Gasteiger partial charge is 0.272 e. The SMILES string of the molecule is Cc1cc(C(=O)N2CCC3(CC2)OCCO3)nc2ccnn12. The molecule has 4 heterocycles. The van der Waals surface area contributed by atoms with E-state index in [0.29, 0.717) is 50.5 Å². The molecule has 0 bridgehead atoms. The predicted octanol–water partition coefficient (Wildman–Crippen LogP) is 1.02. The third-order valence-electron chi connectivity index (χ3n) is 4.38. The fourth-order valence-corrected chi connectivity index (χ4v) is 3.18. The van der Waals surface area contributed by atoms with E-state index in [1.54, 1.807) is 22.8 Å². The first kappa shape index (κ1) is 13.7. The average Bonchev–Trinajstić information content (AvgIpc) is 3.17. The molecule has 0 N–H and O–H groups in total. The monoisotopic (exact) mass is 302 g/mol. The normalized spacial score (nSPS) is 20.9. The van der Waals surface area contributed by atoms with Gasteiger partial charge in [-0.05, 0) is 13.0 Å². The molecule has 7 heteroatoms. The van der Waals surface area contributed by atoms with E-state index in [1.165, 1.54) is 0 Å². The minimum Gasteiger partial charge on any atom is -0.347 e. The van der Waals surface area contributed by atoms with Crippen molar-refractivity contribution in [2.45, 2.75) is 25.6 Å². The molecule has 2 aromatic rings. The van der Waals surface area contributed by atoms with Gasteiger partial charge in [-0.15, -0.1) is 0 Å². The summed E-state index contributed by atoms with van der Waals surface area (Å²) in [7, 11) is 0. The lowest BCUT2D eigenvalue weighted by Gasteiger charge is -2.37. The van der Waals surface area contributed by atoms with Gasteiger partial charge in [-0.1, -0.05) is 0 Å². The van der Waals surface area contributed by atoms with E-state index < -0.39 is 5.79 Å². The number of carbonyl (C=O) groups excluding carboxylic acids is 1. The number of amides is 1. The van der Waals surface area contributed by atoms with E-state index in [2.05, 4.69) is 10.1 Å². The van der Waals surface area contributed by atoms with E-state index in [4.69, 9.17) is 9.47 Å². The number of aromatic nitrogens is 3. The molecule has 4 rings (SSSR count). The van der Waals surface area contributed by atoms with Gasteiger partial charge < -0.3 is 14.4 Å². The van der Waals surface area contributed by atoms with Gasteiger partial charge in [0.2, 0.25) is 0 Å². The Morgan fingerprint density at radius 3 is 2.73 bits per heavy atom. The number of carbonyl (C=O) groups is 1. The maximum Gasteiger partial charge on any atom is 0.272 e. The molecule has 0 radical (unpaired) electrons. The zero-order chi connectivity index (χ0) is 15.2. The summed E-state index contributed by atoms with van der Waals surface area (Å²) in [5, 5.41) is 4.18. The molecule has 2 aliphatic heterocycles. The Morgan fingerprint density at radius 1 is 1.27 bits per heavy atom. The van der Waals surface area contributed by atoms with E-state index in [9.17, 15) is 4.79 Å². The maximum absolute atomic E-state index is 12.7. The van der Waals surface area contributed by atoms with Crippen LogP contribution in [0.25, 0.3) is 5.65 Å². The second-order valence-corrected chi connectivity index (χ2v) is 5.78. The summed E-state index contributed by atoms with van der Waals surface area (Å²) < 4.78 is 13.1. The molecule has 0 aliphatic carbocycles. The summed E-state index contributed by atoms with van der Waals surface area (Å²) in [6.45, 7) is 4.47. The number of hydrogen-bond acceptors (Lipinski definition) is 5. The highest BCUT2D eigenvalue weighted by Crippen LogP contribution is 2.31. The van der Waals surface area contributed by atoms with Crippen LogP contribution < -0.4 is 0 Å². The molecule has 2 saturated heterocycles. The third-order valence-corrected chi connectivity index (χ3v) is 4.38. The molecule has 2 fully saturated rings. The van der Waals surface area contributed by atoms with Crippen molar-refractivity contribution in [3.05, 3.63) is 29.7 Å². The van der Waals surface area contributed by atoms with Crippen LogP contribution in [0.2, 0.25) is 0 Å². The molecule has 0 atom stereocenters. The van der Waals surface area contributed by atoms with Crippen LogP contribution in [-0.4, -0.2) is 57.5 Å². The van der Waals surface area contributed by atoms with Crippen LogP contribution >= 0.6 is 0 Å². The number of piperidine rings is 1. The Bertz CT molecular complexity index is 711. The quantitative estimate of drug-likeness (QED) is 0.786. The van der Waals surface area contributed by atoms with Gasteiger partial charge >= 0.3 is 0 Å². The molecule has 0 saturated carbocycles. The van der Waals surface area contributed by atoms with Crippen LogP contribution in [0, 0.1) is 6.92 Å². The summed E-state index contributed by atoms with van der Waals surface area (Å²) in [4.78, 5) is 18.9. The van der Waals surface area contributed by atoms with Crippen LogP contribution in [0.15, 0.2) is 18.3 Å². The lowest BCUT2D eigenvalue weighted by atomic mass is 10.0. The first-order valence-electron chi connectivity index (χ1n) is 7.55. The van der Waals surface area contributed by atoms with Crippen LogP contribution in [-0.2, 0) is 9.47 Å². The Morgan fingerprint density at radius 2 is 2.00 bits per heavy atom. The molecule has 2 aliphatic rings. The molecule has 7 nitrogen and oxygen atoms in total. The molecule has 116 valence electrons. The molecule has 0 unspecified atom stereocenters. The highest BCUT2D eigenvalue weighted by atomic mass is 16.7. The lowest BCUT2D eigenvalue weighted by molar-refractivity contribution is -0.181. The van der Waals surface area contributed by atoms with Gasteiger partial charge in [0.1, 0.15) is 5.69 Å². The predicted molar refractivity (Wildman–Crippen MR) is 77.5 cm³/mol. The summed E-state index contributed by atoms with van der Waals surface area (Å²) >= 11 is 0. The van der Waals surface area contributed by atoms with Gasteiger partial charge in [0.15, 0.2) is 11.4 Å². The fraction of sp³-hybridized carbons (Fsp3) is 0.533. The standard InChI is InChI=1S/C15H18N4O3/c1-11-10-12(17-13-2-5-16-19(11)13)14(20)18-6-3-15(4-7-18)21-8-9-22-15/h2,5,10H,3-4,6-9H2,1H3. The summed E-state index contributed by atoms with van der Waals surface area (Å²) in [5.74, 6) is -0.505. The third kappa shape index (κ3) is 2.17. The van der Waals surface area contributed by atoms with Crippen molar-refractivity contribution in [1.82, 2.24) is 19.5 Å². The van der Waals surface area contributed by atoms with Gasteiger partial charge in [-0.25, -0.2) is 9.50 Å². The number of rotatable bonds is 1. The number of fused-ring (bicyclic) bond motifs is 1. The summed E-state index contributed by atoms with van der Waals surface area (Å²) in [6.07, 6.45) is 3.11. The van der Waals surface area contributed by atoms with Crippen molar-refractivity contribution in [1.29, 1.82) is 0 Å². The van der Waals surface area contributed by atoms with Crippen molar-refractivity contribution in [2.24, 2.45) is 0 Å². The van der Waals surface area contributed by atoms with Crippen LogP contribution in [0.5, 0.6) is 0 Å². The fourth-order valence-electron chi connectivity index (χ4n) is 3.18. The van der Waals surface area contributed by atoms with Crippen LogP contribution in [0.1, 0.15) is 29.0 Å². The molecule has 1 spiro atoms. The van der Waals surface area contributed by atoms with Crippen molar-refractivity contribution >= 4 is 11.6 Å². The van der Waals surface area contributed by atoms with Crippen molar-refractivity contribution in [3.8, 4) is 0 Å². The number of aryl methyl sites for hydroxylation is 1. The van der Waals surface area contributed by atoms with E-state index in [1.807, 2.05) is 11.8 Å². The molecule has 1 amide bonds. The van der Waals surface area contributed by atoms with E-state index >= 15 is 0 Å². The van der Waals surface area contributed by atoms with Gasteiger partial charge in [0.25, 0.3) is 5.91 Å². The Labute approximate surface area is 127 Å². The molecular formula is C15H18N4O3. The zero-order valence-corrected chi connectivity index (χ0v) is 12.5. The summed E-state index contributed by atoms with van der Waals surface area (Å²) in [6, 6.07) is 3.59. The second-order valence-electron chi connectivity index (χ2n) is 5.78. The Balaban J connectivity index is 1.53. The highest BCUT2D eigenvalue weighted by Gasteiger charge is 2.41. The Hall–Kier alpha value is -1.99. The van der Waals surface area contributed by atoms with E-state index in [0.717, 1.165) is 5.69 Å². The second kappa shape index (κ2) is 5.03. The topological polar surface area (TPSA) is 69.0 Å². The molecular weight excluding hydrogens is 284 g/mol. The number of ether oxygens (including phenoxy) is 2. The molecule has 22 heavy (non-hydrogen) atoms. The number of hydrogen-bond donors (Lipinski definition) is 0. The maximum atomic E-state index is 12.7. The number of likely N-dealkylation sites (tertiary alicyclic amines) is 1. The largest absolute Gasteiger partial charge is 0.347 e. The minimum atomic E-state index is -0.463. The Kier molecular flexibility index (Phi) is 3.12. The number of nitrogens with zero attached hydrogens (tertiary/aromatic N) is 4. The highest BCUT2D eigenvalue weighted by molar-refractivity contribution is 5.93. The van der Waals surface area contributed by atoms with Crippen molar-refractivity contribution < 1.29 is 14.3 Å². The minimum absolute atomic E-state index is 0.0420. The zero-order valence-electron chi connectivity index (χ0n) is 12.5. The summed E-state index contributed by atoms with van der Waals surface area (Å²) in [5.41, 5.74) is 2.06. The van der Waals surface area contributed by atoms with Crippen LogP contribution in [0.3, 0.4) is 0 Å². The van der Waals surface area contributed by atoms with Crippen molar-refractivity contribution in [2.75, 3.05) is 26.3 Å². The first-order chi connectivity index (χ1) is 10.7. The van der Waals surface area contributed by atoms with Crippen molar-refractivity contribution in [3.63, 3.8) is 0 Å². The van der Waals surface area contributed by atoms with Gasteiger partial charge in [-0.2, -0.15) is 5.10 Å². The van der Waals surface area contributed by atoms with Gasteiger partial charge in [-0.3, -0.25) is 4.79 Å².